The molecule has 2 aromatic heterocycles. The second kappa shape index (κ2) is 6.61. The SMILES string of the molecule is COc1ccccc1-c1csc2nc(NC(=O)c3ccccc3C)nn12. The molecule has 0 fully saturated rings. The lowest BCUT2D eigenvalue weighted by Crippen LogP contribution is -2.14. The number of carbonyl (C=O) groups excluding carboxylic acids is 1. The molecule has 0 saturated heterocycles. The Morgan fingerprint density at radius 3 is 2.73 bits per heavy atom. The molecule has 2 heterocycles. The molecule has 0 aliphatic carbocycles. The lowest BCUT2D eigenvalue weighted by molar-refractivity contribution is 0.102. The van der Waals surface area contributed by atoms with E-state index in [-0.39, 0.29) is 11.9 Å². The smallest absolute Gasteiger partial charge is 0.258 e. The number of thiazole rings is 1. The molecule has 0 atom stereocenters. The van der Waals surface area contributed by atoms with Crippen LogP contribution in [0.2, 0.25) is 0 Å². The zero-order valence-electron chi connectivity index (χ0n) is 14.3. The van der Waals surface area contributed by atoms with Crippen molar-refractivity contribution in [1.82, 2.24) is 14.6 Å². The minimum atomic E-state index is -0.222. The fraction of sp³-hybridized carbons (Fsp3) is 0.105. The quantitative estimate of drug-likeness (QED) is 0.594. The predicted molar refractivity (Wildman–Crippen MR) is 102 cm³/mol. The number of carbonyl (C=O) groups is 1. The molecule has 1 N–H and O–H groups in total. The van der Waals surface area contributed by atoms with Crippen LogP contribution in [0.3, 0.4) is 0 Å². The second-order valence-electron chi connectivity index (χ2n) is 5.72. The summed E-state index contributed by atoms with van der Waals surface area (Å²) in [6.45, 7) is 1.90. The minimum Gasteiger partial charge on any atom is -0.496 e. The van der Waals surface area contributed by atoms with Gasteiger partial charge in [0.1, 0.15) is 5.75 Å². The molecule has 0 aliphatic rings. The van der Waals surface area contributed by atoms with Crippen molar-refractivity contribution in [3.05, 3.63) is 65.0 Å². The third-order valence-corrected chi connectivity index (χ3v) is 4.90. The van der Waals surface area contributed by atoms with Gasteiger partial charge in [0.15, 0.2) is 0 Å². The number of anilines is 1. The van der Waals surface area contributed by atoms with Crippen LogP contribution in [0.4, 0.5) is 5.95 Å². The van der Waals surface area contributed by atoms with Crippen LogP contribution in [-0.2, 0) is 0 Å². The summed E-state index contributed by atoms with van der Waals surface area (Å²) in [6.07, 6.45) is 0. The minimum absolute atomic E-state index is 0.222. The Balaban J connectivity index is 1.68. The van der Waals surface area contributed by atoms with Crippen LogP contribution in [0, 0.1) is 6.92 Å². The molecule has 0 radical (unpaired) electrons. The van der Waals surface area contributed by atoms with E-state index in [1.165, 1.54) is 11.3 Å². The first-order valence-corrected chi connectivity index (χ1v) is 8.90. The Bertz CT molecular complexity index is 1100. The fourth-order valence-corrected chi connectivity index (χ4v) is 3.59. The van der Waals surface area contributed by atoms with Gasteiger partial charge >= 0.3 is 0 Å². The molecule has 0 spiro atoms. The van der Waals surface area contributed by atoms with Crippen molar-refractivity contribution in [3.63, 3.8) is 0 Å². The van der Waals surface area contributed by atoms with Gasteiger partial charge in [-0.3, -0.25) is 10.1 Å². The molecule has 6 nitrogen and oxygen atoms in total. The van der Waals surface area contributed by atoms with E-state index < -0.39 is 0 Å². The van der Waals surface area contributed by atoms with Crippen LogP contribution in [0.15, 0.2) is 53.9 Å². The molecule has 26 heavy (non-hydrogen) atoms. The lowest BCUT2D eigenvalue weighted by atomic mass is 10.1. The molecule has 1 amide bonds. The van der Waals surface area contributed by atoms with Gasteiger partial charge in [-0.2, -0.15) is 4.98 Å². The summed E-state index contributed by atoms with van der Waals surface area (Å²) in [5.41, 5.74) is 3.30. The predicted octanol–water partition coefficient (Wildman–Crippen LogP) is 4.03. The molecule has 130 valence electrons. The van der Waals surface area contributed by atoms with Crippen molar-refractivity contribution >= 4 is 28.2 Å². The summed E-state index contributed by atoms with van der Waals surface area (Å²) in [7, 11) is 1.64. The Labute approximate surface area is 154 Å². The number of aryl methyl sites for hydroxylation is 1. The van der Waals surface area contributed by atoms with Crippen molar-refractivity contribution < 1.29 is 9.53 Å². The van der Waals surface area contributed by atoms with Crippen LogP contribution in [0.1, 0.15) is 15.9 Å². The largest absolute Gasteiger partial charge is 0.496 e. The zero-order valence-corrected chi connectivity index (χ0v) is 15.1. The number of aromatic nitrogens is 3. The summed E-state index contributed by atoms with van der Waals surface area (Å²) in [5.74, 6) is 0.814. The van der Waals surface area contributed by atoms with E-state index in [1.54, 1.807) is 17.7 Å². The van der Waals surface area contributed by atoms with Crippen LogP contribution in [0.25, 0.3) is 16.2 Å². The Morgan fingerprint density at radius 1 is 1.15 bits per heavy atom. The van der Waals surface area contributed by atoms with Crippen LogP contribution >= 0.6 is 11.3 Å². The number of benzene rings is 2. The monoisotopic (exact) mass is 364 g/mol. The number of fused-ring (bicyclic) bond motifs is 1. The van der Waals surface area contributed by atoms with E-state index in [0.717, 1.165) is 22.6 Å². The molecular formula is C19H16N4O2S. The van der Waals surface area contributed by atoms with Crippen LogP contribution in [-0.4, -0.2) is 27.6 Å². The first-order chi connectivity index (χ1) is 12.7. The van der Waals surface area contributed by atoms with Gasteiger partial charge in [0.25, 0.3) is 11.9 Å². The molecule has 0 bridgehead atoms. The van der Waals surface area contributed by atoms with Gasteiger partial charge in [0.2, 0.25) is 4.96 Å². The highest BCUT2D eigenvalue weighted by molar-refractivity contribution is 7.15. The number of amides is 1. The summed E-state index contributed by atoms with van der Waals surface area (Å²) in [4.78, 5) is 17.6. The number of methoxy groups -OCH3 is 1. The Kier molecular flexibility index (Phi) is 4.14. The number of hydrogen-bond acceptors (Lipinski definition) is 5. The molecule has 7 heteroatoms. The topological polar surface area (TPSA) is 68.5 Å². The van der Waals surface area contributed by atoms with Gasteiger partial charge in [-0.15, -0.1) is 16.4 Å². The maximum absolute atomic E-state index is 12.5. The van der Waals surface area contributed by atoms with E-state index in [9.17, 15) is 4.79 Å². The second-order valence-corrected chi connectivity index (χ2v) is 6.56. The number of rotatable bonds is 4. The number of nitrogens with zero attached hydrogens (tertiary/aromatic N) is 3. The molecule has 4 aromatic rings. The van der Waals surface area contributed by atoms with Gasteiger partial charge in [-0.05, 0) is 30.7 Å². The molecule has 0 saturated carbocycles. The van der Waals surface area contributed by atoms with E-state index in [0.29, 0.717) is 10.5 Å². The molecule has 0 unspecified atom stereocenters. The molecule has 2 aromatic carbocycles. The van der Waals surface area contributed by atoms with E-state index >= 15 is 0 Å². The maximum atomic E-state index is 12.5. The van der Waals surface area contributed by atoms with E-state index in [4.69, 9.17) is 4.74 Å². The third kappa shape index (κ3) is 2.82. The molecular weight excluding hydrogens is 348 g/mol. The highest BCUT2D eigenvalue weighted by atomic mass is 32.1. The number of hydrogen-bond donors (Lipinski definition) is 1. The lowest BCUT2D eigenvalue weighted by Gasteiger charge is -2.06. The van der Waals surface area contributed by atoms with Gasteiger partial charge < -0.3 is 4.74 Å². The van der Waals surface area contributed by atoms with Gasteiger partial charge in [0, 0.05) is 16.5 Å². The Morgan fingerprint density at radius 2 is 1.92 bits per heavy atom. The van der Waals surface area contributed by atoms with Gasteiger partial charge in [-0.25, -0.2) is 4.52 Å². The highest BCUT2D eigenvalue weighted by Crippen LogP contribution is 2.32. The van der Waals surface area contributed by atoms with Crippen LogP contribution in [0.5, 0.6) is 5.75 Å². The van der Waals surface area contributed by atoms with E-state index in [2.05, 4.69) is 15.4 Å². The maximum Gasteiger partial charge on any atom is 0.258 e. The van der Waals surface area contributed by atoms with Crippen molar-refractivity contribution in [1.29, 1.82) is 0 Å². The number of nitrogens with one attached hydrogen (secondary N) is 1. The normalized spacial score (nSPS) is 10.8. The zero-order chi connectivity index (χ0) is 18.1. The number of para-hydroxylation sites is 1. The van der Waals surface area contributed by atoms with Crippen molar-refractivity contribution in [2.75, 3.05) is 12.4 Å². The van der Waals surface area contributed by atoms with Gasteiger partial charge in [0.05, 0.1) is 12.8 Å². The van der Waals surface area contributed by atoms with Crippen LogP contribution < -0.4 is 10.1 Å². The summed E-state index contributed by atoms with van der Waals surface area (Å²) >= 11 is 1.46. The van der Waals surface area contributed by atoms with Crippen molar-refractivity contribution in [2.45, 2.75) is 6.92 Å². The average Bonchev–Trinajstić information content (AvgIpc) is 3.22. The molecule has 4 rings (SSSR count). The summed E-state index contributed by atoms with van der Waals surface area (Å²) < 4.78 is 7.15. The number of ether oxygens (including phenoxy) is 1. The standard InChI is InChI=1S/C19H16N4O2S/c1-12-7-3-4-8-13(12)17(24)20-18-21-19-23(22-18)15(11-26-19)14-9-5-6-10-16(14)25-2/h3-11H,1-2H3,(H,20,22,24). The fourth-order valence-electron chi connectivity index (χ4n) is 2.77. The summed E-state index contributed by atoms with van der Waals surface area (Å²) in [6, 6.07) is 15.1. The van der Waals surface area contributed by atoms with E-state index in [1.807, 2.05) is 54.8 Å². The van der Waals surface area contributed by atoms with Gasteiger partial charge in [-0.1, -0.05) is 30.3 Å². The van der Waals surface area contributed by atoms with Crippen molar-refractivity contribution in [3.8, 4) is 17.0 Å². The average molecular weight is 364 g/mol. The Hall–Kier alpha value is -3.19. The first kappa shape index (κ1) is 16.3. The third-order valence-electron chi connectivity index (χ3n) is 4.08. The van der Waals surface area contributed by atoms with Crippen molar-refractivity contribution in [2.24, 2.45) is 0 Å². The summed E-state index contributed by atoms with van der Waals surface area (Å²) in [5, 5.41) is 9.20. The molecule has 0 aliphatic heterocycles. The first-order valence-electron chi connectivity index (χ1n) is 8.02. The highest BCUT2D eigenvalue weighted by Gasteiger charge is 2.16.